The van der Waals surface area contributed by atoms with Crippen LogP contribution in [-0.4, -0.2) is 31.3 Å². The number of carbonyl (C=O) groups is 1. The van der Waals surface area contributed by atoms with Gasteiger partial charge in [0.05, 0.1) is 22.8 Å². The van der Waals surface area contributed by atoms with Gasteiger partial charge in [-0.15, -0.1) is 0 Å². The first-order valence-electron chi connectivity index (χ1n) is 9.36. The average Bonchev–Trinajstić information content (AvgIpc) is 2.77. The van der Waals surface area contributed by atoms with E-state index in [4.69, 9.17) is 9.90 Å². The van der Waals surface area contributed by atoms with E-state index < -0.39 is 17.6 Å². The zero-order valence-corrected chi connectivity index (χ0v) is 18.4. The number of aromatic hydroxyl groups is 2. The first kappa shape index (κ1) is 25.5. The van der Waals surface area contributed by atoms with Gasteiger partial charge in [0.25, 0.3) is 5.97 Å². The van der Waals surface area contributed by atoms with Crippen LogP contribution in [0.1, 0.15) is 6.92 Å². The third kappa shape index (κ3) is 6.58. The van der Waals surface area contributed by atoms with E-state index in [2.05, 4.69) is 9.97 Å². The van der Waals surface area contributed by atoms with Crippen LogP contribution in [0.3, 0.4) is 0 Å². The van der Waals surface area contributed by atoms with Crippen LogP contribution in [0.15, 0.2) is 72.8 Å². The molecule has 0 aliphatic carbocycles. The Morgan fingerprint density at radius 1 is 0.697 bits per heavy atom. The third-order valence-corrected chi connectivity index (χ3v) is 4.23. The van der Waals surface area contributed by atoms with E-state index in [0.717, 1.165) is 6.92 Å². The molecule has 4 rings (SSSR count). The van der Waals surface area contributed by atoms with Crippen LogP contribution in [0.4, 0.5) is 8.78 Å². The van der Waals surface area contributed by atoms with E-state index in [0.29, 0.717) is 22.8 Å². The summed E-state index contributed by atoms with van der Waals surface area (Å²) in [4.78, 5) is 17.9. The van der Waals surface area contributed by atoms with Gasteiger partial charge in [-0.3, -0.25) is 4.79 Å². The summed E-state index contributed by atoms with van der Waals surface area (Å²) >= 11 is 0. The van der Waals surface area contributed by atoms with E-state index in [9.17, 15) is 19.0 Å². The quantitative estimate of drug-likeness (QED) is 0.338. The van der Waals surface area contributed by atoms with Gasteiger partial charge >= 0.3 is 0 Å². The van der Waals surface area contributed by atoms with Crippen molar-refractivity contribution in [2.45, 2.75) is 6.92 Å². The summed E-state index contributed by atoms with van der Waals surface area (Å²) < 4.78 is 27.1. The van der Waals surface area contributed by atoms with Crippen molar-refractivity contribution in [1.82, 2.24) is 9.97 Å². The molecule has 0 atom stereocenters. The van der Waals surface area contributed by atoms with E-state index in [-0.39, 0.29) is 39.7 Å². The van der Waals surface area contributed by atoms with Crippen molar-refractivity contribution in [2.24, 2.45) is 0 Å². The molecule has 0 saturated heterocycles. The Morgan fingerprint density at radius 3 is 1.39 bits per heavy atom. The van der Waals surface area contributed by atoms with Gasteiger partial charge in [0.2, 0.25) is 0 Å². The maximum Gasteiger partial charge on any atom is 0.300 e. The van der Waals surface area contributed by atoms with Crippen molar-refractivity contribution in [2.75, 3.05) is 0 Å². The van der Waals surface area contributed by atoms with E-state index in [1.54, 1.807) is 36.4 Å². The molecule has 0 amide bonds. The molecule has 2 aromatic heterocycles. The molecule has 0 aliphatic rings. The molecule has 0 bridgehead atoms. The number of aliphatic carboxylic acids is 1. The number of phenolic OH excluding ortho intramolecular Hbond substituents is 2. The van der Waals surface area contributed by atoms with Gasteiger partial charge in [-0.1, -0.05) is 12.1 Å². The number of rotatable bonds is 3. The largest absolute Gasteiger partial charge is 0.507 e. The number of hydrogen-bond donors (Lipinski definition) is 3. The van der Waals surface area contributed by atoms with Crippen molar-refractivity contribution >= 4 is 5.97 Å². The van der Waals surface area contributed by atoms with Crippen molar-refractivity contribution in [3.05, 3.63) is 84.4 Å². The number of nitrogens with zero attached hydrogens (tertiary/aromatic N) is 2. The minimum absolute atomic E-state index is 0. The van der Waals surface area contributed by atoms with E-state index in [1.165, 1.54) is 36.4 Å². The second kappa shape index (κ2) is 11.2. The molecule has 2 aromatic carbocycles. The molecule has 0 spiro atoms. The molecule has 33 heavy (non-hydrogen) atoms. The van der Waals surface area contributed by atoms with Gasteiger partial charge in [-0.05, 0) is 60.7 Å². The molecule has 0 fully saturated rings. The molecule has 1 radical (unpaired) electrons. The van der Waals surface area contributed by atoms with Crippen molar-refractivity contribution in [3.63, 3.8) is 0 Å². The normalized spacial score (nSPS) is 9.91. The Kier molecular flexibility index (Phi) is 8.62. The zero-order chi connectivity index (χ0) is 23.3. The van der Waals surface area contributed by atoms with Gasteiger partial charge in [-0.25, -0.2) is 18.7 Å². The minimum atomic E-state index is -0.833. The second-order valence-electron chi connectivity index (χ2n) is 6.66. The zero-order valence-electron chi connectivity index (χ0n) is 17.2. The maximum atomic E-state index is 13.6. The molecule has 9 heteroatoms. The Labute approximate surface area is 198 Å². The molecular weight excluding hydrogens is 473 g/mol. The summed E-state index contributed by atoms with van der Waals surface area (Å²) in [5, 5.41) is 27.4. The monoisotopic (exact) mass is 491 g/mol. The van der Waals surface area contributed by atoms with Crippen molar-refractivity contribution < 1.29 is 46.0 Å². The average molecular weight is 491 g/mol. The van der Waals surface area contributed by atoms with Gasteiger partial charge in [0.15, 0.2) is 0 Å². The first-order chi connectivity index (χ1) is 15.2. The predicted molar refractivity (Wildman–Crippen MR) is 115 cm³/mol. The predicted octanol–water partition coefficient (Wildman–Crippen LogP) is 5.26. The topological polar surface area (TPSA) is 104 Å². The van der Waals surface area contributed by atoms with Gasteiger partial charge in [-0.2, -0.15) is 0 Å². The number of benzene rings is 2. The molecular formula is C24H18F2MnN2O4. The second-order valence-corrected chi connectivity index (χ2v) is 6.66. The number of phenols is 2. The summed E-state index contributed by atoms with van der Waals surface area (Å²) in [5.74, 6) is -1.97. The summed E-state index contributed by atoms with van der Waals surface area (Å²) in [7, 11) is 0. The fraction of sp³-hybridized carbons (Fsp3) is 0.0417. The number of aromatic nitrogens is 2. The Bertz CT molecular complexity index is 1190. The summed E-state index contributed by atoms with van der Waals surface area (Å²) in [6.07, 6.45) is 0. The number of carboxylic acid groups (broad SMARTS) is 1. The summed E-state index contributed by atoms with van der Waals surface area (Å²) in [5.41, 5.74) is 2.27. The standard InChI is InChI=1S/C22H14F2N2O2.C2H4O2.Mn/c23-13-7-9-21(27)15(11-13)17-3-1-5-19(25-17)20-6-2-4-18(26-20)16-12-14(24)8-10-22(16)28;1-2(3)4;/h1-12,27-28H;1H3,(H,3,4);. The molecule has 0 saturated carbocycles. The van der Waals surface area contributed by atoms with Crippen LogP contribution in [0.25, 0.3) is 33.9 Å². The van der Waals surface area contributed by atoms with Crippen LogP contribution >= 0.6 is 0 Å². The van der Waals surface area contributed by atoms with E-state index >= 15 is 0 Å². The van der Waals surface area contributed by atoms with Crippen LogP contribution < -0.4 is 0 Å². The number of halogens is 2. The number of pyridine rings is 2. The Hall–Kier alpha value is -3.81. The minimum Gasteiger partial charge on any atom is -0.507 e. The Balaban J connectivity index is 0.000000714. The van der Waals surface area contributed by atoms with E-state index in [1.807, 2.05) is 0 Å². The fourth-order valence-electron chi connectivity index (χ4n) is 2.88. The van der Waals surface area contributed by atoms with Crippen LogP contribution in [0.5, 0.6) is 11.5 Å². The molecule has 2 heterocycles. The first-order valence-corrected chi connectivity index (χ1v) is 9.36. The molecule has 4 aromatic rings. The van der Waals surface area contributed by atoms with Crippen molar-refractivity contribution in [3.8, 4) is 45.4 Å². The van der Waals surface area contributed by atoms with Gasteiger partial charge in [0, 0.05) is 35.1 Å². The van der Waals surface area contributed by atoms with Crippen LogP contribution in [0, 0.1) is 11.6 Å². The van der Waals surface area contributed by atoms with Crippen LogP contribution in [-0.2, 0) is 21.9 Å². The summed E-state index contributed by atoms with van der Waals surface area (Å²) in [6, 6.07) is 17.5. The Morgan fingerprint density at radius 2 is 1.03 bits per heavy atom. The smallest absolute Gasteiger partial charge is 0.300 e. The third-order valence-electron chi connectivity index (χ3n) is 4.23. The summed E-state index contributed by atoms with van der Waals surface area (Å²) in [6.45, 7) is 1.08. The number of carboxylic acids is 1. The maximum absolute atomic E-state index is 13.6. The van der Waals surface area contributed by atoms with Gasteiger partial charge < -0.3 is 15.3 Å². The van der Waals surface area contributed by atoms with Crippen molar-refractivity contribution in [1.29, 1.82) is 0 Å². The molecule has 6 nitrogen and oxygen atoms in total. The fourth-order valence-corrected chi connectivity index (χ4v) is 2.88. The van der Waals surface area contributed by atoms with Gasteiger partial charge in [0.1, 0.15) is 23.1 Å². The molecule has 0 aliphatic heterocycles. The van der Waals surface area contributed by atoms with Crippen LogP contribution in [0.2, 0.25) is 0 Å². The molecule has 0 unspecified atom stereocenters. The SMILES string of the molecule is CC(=O)O.Oc1ccc(F)cc1-c1cccc(-c2cccc(-c3cc(F)ccc3O)n2)n1.[Mn]. The number of hydrogen-bond acceptors (Lipinski definition) is 5. The molecule has 3 N–H and O–H groups in total. The molecule has 169 valence electrons.